The van der Waals surface area contributed by atoms with Crippen molar-refractivity contribution in [1.82, 2.24) is 25.8 Å². The van der Waals surface area contributed by atoms with Gasteiger partial charge < -0.3 is 15.4 Å². The molecule has 0 radical (unpaired) electrons. The topological polar surface area (TPSA) is 91.9 Å². The fraction of sp³-hybridized carbons (Fsp3) is 0.500. The van der Waals surface area contributed by atoms with Crippen LogP contribution in [0.1, 0.15) is 50.0 Å². The number of urea groups is 1. The van der Waals surface area contributed by atoms with Crippen LogP contribution in [-0.4, -0.2) is 33.4 Å². The molecule has 7 heteroatoms. The maximum Gasteiger partial charge on any atom is 0.315 e. The zero-order valence-electron chi connectivity index (χ0n) is 14.4. The van der Waals surface area contributed by atoms with Crippen molar-refractivity contribution in [2.75, 3.05) is 0 Å². The fourth-order valence-corrected chi connectivity index (χ4v) is 3.14. The van der Waals surface area contributed by atoms with Crippen molar-refractivity contribution in [1.29, 1.82) is 0 Å². The zero-order chi connectivity index (χ0) is 17.5. The average Bonchev–Trinajstić information content (AvgIpc) is 3.17. The highest BCUT2D eigenvalue weighted by molar-refractivity contribution is 5.74. The van der Waals surface area contributed by atoms with Gasteiger partial charge in [0, 0.05) is 0 Å². The molecule has 1 aliphatic carbocycles. The first-order valence-electron chi connectivity index (χ1n) is 8.80. The van der Waals surface area contributed by atoms with E-state index in [0.29, 0.717) is 12.4 Å². The third-order valence-corrected chi connectivity index (χ3v) is 4.52. The first-order chi connectivity index (χ1) is 12.2. The lowest BCUT2D eigenvalue weighted by molar-refractivity contribution is -0.00272. The van der Waals surface area contributed by atoms with Crippen molar-refractivity contribution in [3.63, 3.8) is 0 Å². The normalized spacial score (nSPS) is 21.5. The summed E-state index contributed by atoms with van der Waals surface area (Å²) in [5.41, 5.74) is 1.15. The van der Waals surface area contributed by atoms with Gasteiger partial charge in [-0.3, -0.25) is 5.10 Å². The highest BCUT2D eigenvalue weighted by atomic mass is 16.5. The number of hydrogen-bond acceptors (Lipinski definition) is 4. The van der Waals surface area contributed by atoms with E-state index in [1.807, 2.05) is 25.1 Å². The van der Waals surface area contributed by atoms with Crippen molar-refractivity contribution in [2.24, 2.45) is 0 Å². The Kier molecular flexibility index (Phi) is 6.00. The molecule has 134 valence electrons. The van der Waals surface area contributed by atoms with Crippen LogP contribution in [0, 0.1) is 0 Å². The molecule has 1 saturated carbocycles. The molecule has 1 heterocycles. The van der Waals surface area contributed by atoms with Crippen LogP contribution in [-0.2, 0) is 11.3 Å². The molecule has 0 saturated heterocycles. The maximum absolute atomic E-state index is 12.3. The Labute approximate surface area is 147 Å². The molecule has 3 unspecified atom stereocenters. The van der Waals surface area contributed by atoms with E-state index in [1.54, 1.807) is 0 Å². The summed E-state index contributed by atoms with van der Waals surface area (Å²) in [6, 6.07) is 9.71. The van der Waals surface area contributed by atoms with Gasteiger partial charge in [-0.1, -0.05) is 43.2 Å². The Morgan fingerprint density at radius 1 is 1.32 bits per heavy atom. The number of amides is 2. The smallest absolute Gasteiger partial charge is 0.315 e. The molecule has 0 spiro atoms. The second-order valence-electron chi connectivity index (χ2n) is 6.44. The summed E-state index contributed by atoms with van der Waals surface area (Å²) in [6.45, 7) is 2.43. The molecule has 7 nitrogen and oxygen atoms in total. The summed E-state index contributed by atoms with van der Waals surface area (Å²) in [4.78, 5) is 16.4. The van der Waals surface area contributed by atoms with Gasteiger partial charge in [-0.15, -0.1) is 0 Å². The number of carbonyl (C=O) groups excluding carboxylic acids is 1. The second kappa shape index (κ2) is 8.62. The summed E-state index contributed by atoms with van der Waals surface area (Å²) in [6.07, 6.45) is 5.61. The van der Waals surface area contributed by atoms with Gasteiger partial charge in [-0.05, 0) is 25.3 Å². The van der Waals surface area contributed by atoms with E-state index in [2.05, 4.69) is 37.9 Å². The number of nitrogens with zero attached hydrogens (tertiary/aromatic N) is 2. The molecule has 25 heavy (non-hydrogen) atoms. The first kappa shape index (κ1) is 17.4. The minimum atomic E-state index is -0.227. The van der Waals surface area contributed by atoms with Crippen LogP contribution in [0.3, 0.4) is 0 Å². The van der Waals surface area contributed by atoms with E-state index in [1.165, 1.54) is 6.33 Å². The van der Waals surface area contributed by atoms with Gasteiger partial charge in [-0.25, -0.2) is 9.78 Å². The van der Waals surface area contributed by atoms with Gasteiger partial charge in [0.25, 0.3) is 0 Å². The highest BCUT2D eigenvalue weighted by Crippen LogP contribution is 2.22. The van der Waals surface area contributed by atoms with Crippen molar-refractivity contribution in [3.8, 4) is 0 Å². The predicted octanol–water partition coefficient (Wildman–Crippen LogP) is 2.69. The molecule has 1 aromatic carbocycles. The summed E-state index contributed by atoms with van der Waals surface area (Å²) in [5, 5.41) is 12.5. The van der Waals surface area contributed by atoms with Crippen LogP contribution >= 0.6 is 0 Å². The monoisotopic (exact) mass is 343 g/mol. The lowest BCUT2D eigenvalue weighted by Crippen LogP contribution is -2.50. The second-order valence-corrected chi connectivity index (χ2v) is 6.44. The Balaban J connectivity index is 1.51. The SMILES string of the molecule is CC(NC(=O)NC1CCCCC1OCc1ccccc1)c1ncn[nH]1. The Hall–Kier alpha value is -2.41. The summed E-state index contributed by atoms with van der Waals surface area (Å²) < 4.78 is 6.09. The molecule has 2 amide bonds. The molecule has 1 fully saturated rings. The molecule has 3 rings (SSSR count). The quantitative estimate of drug-likeness (QED) is 0.752. The standard InChI is InChI=1S/C18H25N5O2/c1-13(17-19-12-20-23-17)21-18(24)22-15-9-5-6-10-16(15)25-11-14-7-3-2-4-8-14/h2-4,7-8,12-13,15-16H,5-6,9-11H2,1H3,(H,19,20,23)(H2,21,22,24). The molecule has 2 aromatic rings. The van der Waals surface area contributed by atoms with Crippen LogP contribution < -0.4 is 10.6 Å². The van der Waals surface area contributed by atoms with Crippen molar-refractivity contribution >= 4 is 6.03 Å². The average molecular weight is 343 g/mol. The van der Waals surface area contributed by atoms with E-state index in [0.717, 1.165) is 31.2 Å². The molecule has 1 aliphatic rings. The van der Waals surface area contributed by atoms with Crippen LogP contribution in [0.2, 0.25) is 0 Å². The molecular weight excluding hydrogens is 318 g/mol. The minimum absolute atomic E-state index is 0.0272. The number of H-pyrrole nitrogens is 1. The zero-order valence-corrected chi connectivity index (χ0v) is 14.4. The fourth-order valence-electron chi connectivity index (χ4n) is 3.14. The molecule has 1 aromatic heterocycles. The lowest BCUT2D eigenvalue weighted by atomic mass is 9.92. The largest absolute Gasteiger partial charge is 0.371 e. The third kappa shape index (κ3) is 5.03. The number of benzene rings is 1. The van der Waals surface area contributed by atoms with E-state index < -0.39 is 0 Å². The molecular formula is C18H25N5O2. The summed E-state index contributed by atoms with van der Waals surface area (Å²) in [5.74, 6) is 0.635. The van der Waals surface area contributed by atoms with Crippen molar-refractivity contribution in [2.45, 2.75) is 57.4 Å². The number of ether oxygens (including phenoxy) is 1. The maximum atomic E-state index is 12.3. The van der Waals surface area contributed by atoms with Crippen LogP contribution in [0.4, 0.5) is 4.79 Å². The summed E-state index contributed by atoms with van der Waals surface area (Å²) in [7, 11) is 0. The third-order valence-electron chi connectivity index (χ3n) is 4.52. The number of aromatic amines is 1. The van der Waals surface area contributed by atoms with Gasteiger partial charge in [0.05, 0.1) is 24.8 Å². The Morgan fingerprint density at radius 3 is 2.88 bits per heavy atom. The number of aromatic nitrogens is 3. The minimum Gasteiger partial charge on any atom is -0.371 e. The Morgan fingerprint density at radius 2 is 2.12 bits per heavy atom. The molecule has 3 N–H and O–H groups in total. The van der Waals surface area contributed by atoms with Crippen LogP contribution in [0.5, 0.6) is 0 Å². The molecule has 3 atom stereocenters. The van der Waals surface area contributed by atoms with Crippen LogP contribution in [0.25, 0.3) is 0 Å². The highest BCUT2D eigenvalue weighted by Gasteiger charge is 2.27. The van der Waals surface area contributed by atoms with Crippen molar-refractivity contribution < 1.29 is 9.53 Å². The van der Waals surface area contributed by atoms with Gasteiger partial charge in [0.15, 0.2) is 0 Å². The number of carbonyl (C=O) groups is 1. The van der Waals surface area contributed by atoms with E-state index in [4.69, 9.17) is 4.74 Å². The van der Waals surface area contributed by atoms with Gasteiger partial charge >= 0.3 is 6.03 Å². The van der Waals surface area contributed by atoms with Gasteiger partial charge in [0.1, 0.15) is 12.2 Å². The lowest BCUT2D eigenvalue weighted by Gasteiger charge is -2.32. The van der Waals surface area contributed by atoms with E-state index in [-0.39, 0.29) is 24.2 Å². The Bertz CT molecular complexity index is 647. The summed E-state index contributed by atoms with van der Waals surface area (Å²) >= 11 is 0. The molecule has 0 aliphatic heterocycles. The number of nitrogens with one attached hydrogen (secondary N) is 3. The predicted molar refractivity (Wildman–Crippen MR) is 93.7 cm³/mol. The number of rotatable bonds is 6. The van der Waals surface area contributed by atoms with Crippen LogP contribution in [0.15, 0.2) is 36.7 Å². The van der Waals surface area contributed by atoms with E-state index in [9.17, 15) is 4.79 Å². The first-order valence-corrected chi connectivity index (χ1v) is 8.80. The van der Waals surface area contributed by atoms with E-state index >= 15 is 0 Å². The number of hydrogen-bond donors (Lipinski definition) is 3. The van der Waals surface area contributed by atoms with Crippen molar-refractivity contribution in [3.05, 3.63) is 48.0 Å². The van der Waals surface area contributed by atoms with Gasteiger partial charge in [0.2, 0.25) is 0 Å². The van der Waals surface area contributed by atoms with Gasteiger partial charge in [-0.2, -0.15) is 5.10 Å². The molecule has 0 bridgehead atoms.